The Morgan fingerprint density at radius 3 is 2.90 bits per heavy atom. The number of nitrogens with one attached hydrogen (secondary N) is 1. The molecule has 0 radical (unpaired) electrons. The molecule has 20 heavy (non-hydrogen) atoms. The number of nitrogens with zero attached hydrogens (tertiary/aromatic N) is 3. The molecule has 0 saturated heterocycles. The minimum Gasteiger partial charge on any atom is -0.399 e. The molecule has 0 spiro atoms. The number of benzene rings is 1. The van der Waals surface area contributed by atoms with Gasteiger partial charge in [-0.2, -0.15) is 0 Å². The molecule has 100 valence electrons. The average molecular weight is 265 g/mol. The molecule has 1 aromatic carbocycles. The number of hydrogen-bond donors (Lipinski definition) is 2. The van der Waals surface area contributed by atoms with Gasteiger partial charge in [-0.1, -0.05) is 6.07 Å². The first-order chi connectivity index (χ1) is 9.74. The smallest absolute Gasteiger partial charge is 0.137 e. The molecule has 2 aromatic heterocycles. The van der Waals surface area contributed by atoms with Crippen LogP contribution < -0.4 is 11.1 Å². The summed E-state index contributed by atoms with van der Waals surface area (Å²) in [6.07, 6.45) is 3.33. The van der Waals surface area contributed by atoms with Crippen molar-refractivity contribution in [2.45, 2.75) is 13.5 Å². The molecule has 0 amide bonds. The van der Waals surface area contributed by atoms with Gasteiger partial charge in [0, 0.05) is 17.3 Å². The summed E-state index contributed by atoms with van der Waals surface area (Å²) in [5, 5.41) is 4.26. The summed E-state index contributed by atoms with van der Waals surface area (Å²) in [7, 11) is 0. The largest absolute Gasteiger partial charge is 0.399 e. The molecule has 3 N–H and O–H groups in total. The third-order valence-corrected chi connectivity index (χ3v) is 3.20. The van der Waals surface area contributed by atoms with Gasteiger partial charge in [-0.15, -0.1) is 0 Å². The zero-order valence-electron chi connectivity index (χ0n) is 11.2. The summed E-state index contributed by atoms with van der Waals surface area (Å²) < 4.78 is 0. The average Bonchev–Trinajstić information content (AvgIpc) is 2.46. The lowest BCUT2D eigenvalue weighted by Crippen LogP contribution is -2.05. The number of fused-ring (bicyclic) bond motifs is 1. The van der Waals surface area contributed by atoms with Crippen molar-refractivity contribution in [2.75, 3.05) is 11.1 Å². The Balaban J connectivity index is 1.90. The van der Waals surface area contributed by atoms with E-state index in [1.54, 1.807) is 6.20 Å². The van der Waals surface area contributed by atoms with Gasteiger partial charge < -0.3 is 11.1 Å². The van der Waals surface area contributed by atoms with Crippen LogP contribution in [0.1, 0.15) is 11.3 Å². The Kier molecular flexibility index (Phi) is 3.16. The Morgan fingerprint density at radius 1 is 1.15 bits per heavy atom. The summed E-state index contributed by atoms with van der Waals surface area (Å²) in [5.74, 6) is 0.792. The predicted octanol–water partition coefficient (Wildman–Crippen LogP) is 2.53. The molecule has 0 saturated carbocycles. The fraction of sp³-hybridized carbons (Fsp3) is 0.133. The molecular weight excluding hydrogens is 250 g/mol. The van der Waals surface area contributed by atoms with E-state index in [-0.39, 0.29) is 0 Å². The molecule has 3 aromatic rings. The first-order valence-electron chi connectivity index (χ1n) is 6.38. The lowest BCUT2D eigenvalue weighted by Gasteiger charge is -2.09. The fourth-order valence-corrected chi connectivity index (χ4v) is 2.09. The summed E-state index contributed by atoms with van der Waals surface area (Å²) in [6, 6.07) is 9.60. The number of nitrogens with two attached hydrogens (primary N) is 1. The highest BCUT2D eigenvalue weighted by Crippen LogP contribution is 2.21. The second-order valence-electron chi connectivity index (χ2n) is 4.62. The van der Waals surface area contributed by atoms with Crippen LogP contribution in [0, 0.1) is 6.92 Å². The molecule has 0 aliphatic rings. The van der Waals surface area contributed by atoms with E-state index in [2.05, 4.69) is 20.3 Å². The quantitative estimate of drug-likeness (QED) is 0.712. The third kappa shape index (κ3) is 2.38. The Hall–Kier alpha value is -2.69. The lowest BCUT2D eigenvalue weighted by atomic mass is 10.2. The monoisotopic (exact) mass is 265 g/mol. The number of aryl methyl sites for hydroxylation is 1. The van der Waals surface area contributed by atoms with Gasteiger partial charge in [0.15, 0.2) is 0 Å². The number of rotatable bonds is 3. The zero-order chi connectivity index (χ0) is 13.9. The van der Waals surface area contributed by atoms with E-state index in [0.29, 0.717) is 12.2 Å². The second-order valence-corrected chi connectivity index (χ2v) is 4.62. The molecule has 0 aliphatic carbocycles. The van der Waals surface area contributed by atoms with Crippen LogP contribution >= 0.6 is 0 Å². The zero-order valence-corrected chi connectivity index (χ0v) is 11.2. The number of pyridine rings is 1. The SMILES string of the molecule is Cc1cccnc1CNc1ncnc2cc(N)ccc12. The van der Waals surface area contributed by atoms with Gasteiger partial charge in [0.05, 0.1) is 17.8 Å². The summed E-state index contributed by atoms with van der Waals surface area (Å²) >= 11 is 0. The second kappa shape index (κ2) is 5.13. The molecule has 3 rings (SSSR count). The van der Waals surface area contributed by atoms with E-state index >= 15 is 0 Å². The van der Waals surface area contributed by atoms with Crippen molar-refractivity contribution in [2.24, 2.45) is 0 Å². The highest BCUT2D eigenvalue weighted by molar-refractivity contribution is 5.90. The van der Waals surface area contributed by atoms with E-state index in [1.165, 1.54) is 6.33 Å². The minimum absolute atomic E-state index is 0.628. The fourth-order valence-electron chi connectivity index (χ4n) is 2.09. The van der Waals surface area contributed by atoms with Gasteiger partial charge in [-0.25, -0.2) is 9.97 Å². The number of anilines is 2. The van der Waals surface area contributed by atoms with Gasteiger partial charge in [0.25, 0.3) is 0 Å². The van der Waals surface area contributed by atoms with Crippen molar-refractivity contribution in [1.82, 2.24) is 15.0 Å². The van der Waals surface area contributed by atoms with Crippen LogP contribution in [0.4, 0.5) is 11.5 Å². The standard InChI is InChI=1S/C15H15N5/c1-10-3-2-6-17-14(10)8-18-15-12-5-4-11(16)7-13(12)19-9-20-15/h2-7,9H,8,16H2,1H3,(H,18,19,20). The Bertz CT molecular complexity index is 754. The first kappa shape index (κ1) is 12.3. The number of nitrogen functional groups attached to an aromatic ring is 1. The molecule has 0 bridgehead atoms. The summed E-state index contributed by atoms with van der Waals surface area (Å²) in [6.45, 7) is 2.67. The molecule has 0 aliphatic heterocycles. The molecule has 0 atom stereocenters. The van der Waals surface area contributed by atoms with Gasteiger partial charge in [0.1, 0.15) is 12.1 Å². The summed E-state index contributed by atoms with van der Waals surface area (Å²) in [5.41, 5.74) is 9.46. The highest BCUT2D eigenvalue weighted by Gasteiger charge is 2.05. The van der Waals surface area contributed by atoms with Crippen LogP contribution in [0.25, 0.3) is 10.9 Å². The maximum absolute atomic E-state index is 5.77. The van der Waals surface area contributed by atoms with Crippen molar-refractivity contribution in [1.29, 1.82) is 0 Å². The molecule has 5 heteroatoms. The van der Waals surface area contributed by atoms with Crippen molar-refractivity contribution in [3.8, 4) is 0 Å². The van der Waals surface area contributed by atoms with Crippen LogP contribution in [-0.2, 0) is 6.54 Å². The normalized spacial score (nSPS) is 10.7. The van der Waals surface area contributed by atoms with Crippen LogP contribution in [-0.4, -0.2) is 15.0 Å². The van der Waals surface area contributed by atoms with Crippen LogP contribution in [0.2, 0.25) is 0 Å². The molecular formula is C15H15N5. The van der Waals surface area contributed by atoms with Gasteiger partial charge in [-0.3, -0.25) is 4.98 Å². The predicted molar refractivity (Wildman–Crippen MR) is 80.3 cm³/mol. The minimum atomic E-state index is 0.628. The van der Waals surface area contributed by atoms with E-state index in [4.69, 9.17) is 5.73 Å². The van der Waals surface area contributed by atoms with Crippen LogP contribution in [0.3, 0.4) is 0 Å². The van der Waals surface area contributed by atoms with Gasteiger partial charge in [-0.05, 0) is 36.8 Å². The first-order valence-corrected chi connectivity index (χ1v) is 6.38. The lowest BCUT2D eigenvalue weighted by molar-refractivity contribution is 1.01. The molecule has 0 fully saturated rings. The van der Waals surface area contributed by atoms with Crippen molar-refractivity contribution < 1.29 is 0 Å². The van der Waals surface area contributed by atoms with Crippen molar-refractivity contribution in [3.63, 3.8) is 0 Å². The van der Waals surface area contributed by atoms with Crippen LogP contribution in [0.15, 0.2) is 42.9 Å². The van der Waals surface area contributed by atoms with Gasteiger partial charge >= 0.3 is 0 Å². The topological polar surface area (TPSA) is 76.7 Å². The molecule has 2 heterocycles. The number of aromatic nitrogens is 3. The molecule has 0 unspecified atom stereocenters. The van der Waals surface area contributed by atoms with E-state index in [9.17, 15) is 0 Å². The van der Waals surface area contributed by atoms with Crippen molar-refractivity contribution in [3.05, 3.63) is 54.1 Å². The maximum atomic E-state index is 5.77. The van der Waals surface area contributed by atoms with E-state index in [0.717, 1.165) is 28.0 Å². The Labute approximate surface area is 116 Å². The maximum Gasteiger partial charge on any atom is 0.137 e. The van der Waals surface area contributed by atoms with Gasteiger partial charge in [0.2, 0.25) is 0 Å². The Morgan fingerprint density at radius 2 is 2.05 bits per heavy atom. The highest BCUT2D eigenvalue weighted by atomic mass is 15.0. The molecule has 5 nitrogen and oxygen atoms in total. The van der Waals surface area contributed by atoms with E-state index in [1.807, 2.05) is 37.3 Å². The van der Waals surface area contributed by atoms with Crippen LogP contribution in [0.5, 0.6) is 0 Å². The van der Waals surface area contributed by atoms with E-state index < -0.39 is 0 Å². The number of hydrogen-bond acceptors (Lipinski definition) is 5. The summed E-state index contributed by atoms with van der Waals surface area (Å²) in [4.78, 5) is 12.9. The third-order valence-electron chi connectivity index (χ3n) is 3.20. The van der Waals surface area contributed by atoms with Crippen molar-refractivity contribution >= 4 is 22.4 Å².